The van der Waals surface area contributed by atoms with Crippen molar-refractivity contribution in [1.29, 1.82) is 0 Å². The second kappa shape index (κ2) is 11.5. The molecule has 2 N–H and O–H groups in total. The van der Waals surface area contributed by atoms with Gasteiger partial charge >= 0.3 is 0 Å². The fraction of sp³-hybridized carbons (Fsp3) is 0.316. The molecule has 0 heterocycles. The second-order valence-electron chi connectivity index (χ2n) is 5.40. The van der Waals surface area contributed by atoms with Gasteiger partial charge in [0.15, 0.2) is 0 Å². The van der Waals surface area contributed by atoms with Gasteiger partial charge in [-0.25, -0.2) is 0 Å². The molecular weight excluding hydrogens is 324 g/mol. The molecule has 0 aliphatic rings. The fourth-order valence-corrected chi connectivity index (χ4v) is 2.15. The first-order valence-corrected chi connectivity index (χ1v) is 7.95. The van der Waals surface area contributed by atoms with Crippen molar-refractivity contribution in [2.75, 3.05) is 13.6 Å². The monoisotopic (exact) mass is 348 g/mol. The molecule has 0 saturated carbocycles. The molecule has 4 nitrogen and oxygen atoms in total. The summed E-state index contributed by atoms with van der Waals surface area (Å²) in [6.45, 7) is 1.97. The summed E-state index contributed by atoms with van der Waals surface area (Å²) < 4.78 is 5.71. The van der Waals surface area contributed by atoms with E-state index in [4.69, 9.17) is 4.74 Å². The molecule has 130 valence electrons. The van der Waals surface area contributed by atoms with Crippen molar-refractivity contribution in [3.8, 4) is 5.75 Å². The van der Waals surface area contributed by atoms with Gasteiger partial charge in [-0.15, -0.1) is 12.4 Å². The van der Waals surface area contributed by atoms with Gasteiger partial charge in [0, 0.05) is 13.0 Å². The molecule has 0 aliphatic carbocycles. The number of carbonyl (C=O) groups is 1. The van der Waals surface area contributed by atoms with Crippen LogP contribution in [0.4, 0.5) is 0 Å². The van der Waals surface area contributed by atoms with Crippen LogP contribution in [0.5, 0.6) is 5.75 Å². The van der Waals surface area contributed by atoms with Gasteiger partial charge in [0.25, 0.3) is 0 Å². The summed E-state index contributed by atoms with van der Waals surface area (Å²) in [7, 11) is 1.89. The van der Waals surface area contributed by atoms with E-state index >= 15 is 0 Å². The molecule has 0 bridgehead atoms. The highest BCUT2D eigenvalue weighted by atomic mass is 35.5. The Morgan fingerprint density at radius 1 is 1.00 bits per heavy atom. The first kappa shape index (κ1) is 20.0. The Balaban J connectivity index is 0.00000288. The Kier molecular flexibility index (Phi) is 9.58. The van der Waals surface area contributed by atoms with Gasteiger partial charge in [-0.05, 0) is 43.3 Å². The highest BCUT2D eigenvalue weighted by Gasteiger charge is 2.01. The van der Waals surface area contributed by atoms with Crippen LogP contribution >= 0.6 is 12.4 Å². The third-order valence-corrected chi connectivity index (χ3v) is 3.49. The van der Waals surface area contributed by atoms with Crippen LogP contribution in [-0.2, 0) is 17.9 Å². The molecule has 5 heteroatoms. The number of benzene rings is 2. The van der Waals surface area contributed by atoms with Gasteiger partial charge < -0.3 is 15.4 Å². The van der Waals surface area contributed by atoms with Crippen LogP contribution in [0.25, 0.3) is 0 Å². The third-order valence-electron chi connectivity index (χ3n) is 3.49. The summed E-state index contributed by atoms with van der Waals surface area (Å²) in [4.78, 5) is 11.7. The number of para-hydroxylation sites is 1. The molecule has 1 amide bonds. The number of amides is 1. The predicted molar refractivity (Wildman–Crippen MR) is 99.5 cm³/mol. The molecule has 0 atom stereocenters. The molecule has 0 fully saturated rings. The average molecular weight is 349 g/mol. The van der Waals surface area contributed by atoms with E-state index in [2.05, 4.69) is 10.6 Å². The number of halogens is 1. The van der Waals surface area contributed by atoms with Crippen LogP contribution in [0.1, 0.15) is 24.0 Å². The summed E-state index contributed by atoms with van der Waals surface area (Å²) in [5, 5.41) is 5.97. The molecule has 0 aromatic heterocycles. The Labute approximate surface area is 150 Å². The zero-order valence-corrected chi connectivity index (χ0v) is 14.8. The normalized spacial score (nSPS) is 9.88. The lowest BCUT2D eigenvalue weighted by Crippen LogP contribution is -2.23. The third kappa shape index (κ3) is 7.49. The zero-order chi connectivity index (χ0) is 16.3. The van der Waals surface area contributed by atoms with E-state index in [0.717, 1.165) is 29.8 Å². The maximum atomic E-state index is 11.7. The zero-order valence-electron chi connectivity index (χ0n) is 14.0. The van der Waals surface area contributed by atoms with E-state index in [-0.39, 0.29) is 18.3 Å². The number of hydrogen-bond acceptors (Lipinski definition) is 3. The van der Waals surface area contributed by atoms with Crippen molar-refractivity contribution in [3.63, 3.8) is 0 Å². The summed E-state index contributed by atoms with van der Waals surface area (Å²) >= 11 is 0. The Hall–Kier alpha value is -2.04. The van der Waals surface area contributed by atoms with Gasteiger partial charge in [0.2, 0.25) is 5.91 Å². The molecule has 0 unspecified atom stereocenters. The van der Waals surface area contributed by atoms with Crippen LogP contribution in [-0.4, -0.2) is 19.5 Å². The first-order valence-electron chi connectivity index (χ1n) is 7.95. The van der Waals surface area contributed by atoms with Gasteiger partial charge in [-0.1, -0.05) is 42.5 Å². The summed E-state index contributed by atoms with van der Waals surface area (Å²) in [5.74, 6) is 0.960. The van der Waals surface area contributed by atoms with Gasteiger partial charge in [-0.2, -0.15) is 0 Å². The molecule has 2 aromatic carbocycles. The van der Waals surface area contributed by atoms with Crippen molar-refractivity contribution in [1.82, 2.24) is 10.6 Å². The molecular formula is C19H25ClN2O2. The van der Waals surface area contributed by atoms with E-state index in [1.165, 1.54) is 0 Å². The number of ether oxygens (including phenoxy) is 1. The van der Waals surface area contributed by atoms with E-state index in [1.54, 1.807) is 0 Å². The minimum absolute atomic E-state index is 0. The lowest BCUT2D eigenvalue weighted by Gasteiger charge is -2.08. The Morgan fingerprint density at radius 2 is 1.67 bits per heavy atom. The van der Waals surface area contributed by atoms with Crippen molar-refractivity contribution in [2.45, 2.75) is 26.0 Å². The summed E-state index contributed by atoms with van der Waals surface area (Å²) in [6, 6.07) is 17.9. The van der Waals surface area contributed by atoms with Gasteiger partial charge in [0.1, 0.15) is 12.4 Å². The van der Waals surface area contributed by atoms with Crippen molar-refractivity contribution in [2.24, 2.45) is 0 Å². The molecule has 0 radical (unpaired) electrons. The molecule has 0 saturated heterocycles. The van der Waals surface area contributed by atoms with Crippen LogP contribution in [0, 0.1) is 0 Å². The topological polar surface area (TPSA) is 50.4 Å². The molecule has 0 aliphatic heterocycles. The largest absolute Gasteiger partial charge is 0.489 e. The molecule has 2 aromatic rings. The van der Waals surface area contributed by atoms with E-state index in [0.29, 0.717) is 19.6 Å². The maximum absolute atomic E-state index is 11.7. The van der Waals surface area contributed by atoms with Gasteiger partial charge in [-0.3, -0.25) is 4.79 Å². The van der Waals surface area contributed by atoms with Crippen molar-refractivity contribution >= 4 is 18.3 Å². The number of rotatable bonds is 9. The van der Waals surface area contributed by atoms with Crippen LogP contribution < -0.4 is 15.4 Å². The van der Waals surface area contributed by atoms with Crippen LogP contribution in [0.15, 0.2) is 54.6 Å². The average Bonchev–Trinajstić information content (AvgIpc) is 2.60. The van der Waals surface area contributed by atoms with Crippen molar-refractivity contribution in [3.05, 3.63) is 65.7 Å². The van der Waals surface area contributed by atoms with Crippen molar-refractivity contribution < 1.29 is 9.53 Å². The number of hydrogen-bond donors (Lipinski definition) is 2. The number of nitrogens with one attached hydrogen (secondary N) is 2. The molecule has 0 spiro atoms. The SMILES string of the molecule is CNCCCC(=O)NCc1ccc(COc2ccccc2)cc1.Cl. The number of carbonyl (C=O) groups excluding carboxylic acids is 1. The Morgan fingerprint density at radius 3 is 2.33 bits per heavy atom. The first-order chi connectivity index (χ1) is 11.3. The second-order valence-corrected chi connectivity index (χ2v) is 5.40. The molecule has 2 rings (SSSR count). The minimum Gasteiger partial charge on any atom is -0.489 e. The highest BCUT2D eigenvalue weighted by molar-refractivity contribution is 5.85. The quantitative estimate of drug-likeness (QED) is 0.684. The van der Waals surface area contributed by atoms with Crippen LogP contribution in [0.3, 0.4) is 0 Å². The molecule has 24 heavy (non-hydrogen) atoms. The van der Waals surface area contributed by atoms with E-state index in [1.807, 2.05) is 61.6 Å². The lowest BCUT2D eigenvalue weighted by atomic mass is 10.1. The standard InChI is InChI=1S/C19H24N2O2.ClH/c1-20-13-5-8-19(22)21-14-16-9-11-17(12-10-16)15-23-18-6-3-2-4-7-18;/h2-4,6-7,9-12,20H,5,8,13-15H2,1H3,(H,21,22);1H. The van der Waals surface area contributed by atoms with Gasteiger partial charge in [0.05, 0.1) is 0 Å². The van der Waals surface area contributed by atoms with E-state index < -0.39 is 0 Å². The van der Waals surface area contributed by atoms with E-state index in [9.17, 15) is 4.79 Å². The lowest BCUT2D eigenvalue weighted by molar-refractivity contribution is -0.121. The Bertz CT molecular complexity index is 588. The smallest absolute Gasteiger partial charge is 0.220 e. The fourth-order valence-electron chi connectivity index (χ4n) is 2.15. The summed E-state index contributed by atoms with van der Waals surface area (Å²) in [5.41, 5.74) is 2.20. The predicted octanol–water partition coefficient (Wildman–Crippen LogP) is 3.30. The maximum Gasteiger partial charge on any atom is 0.220 e. The van der Waals surface area contributed by atoms with Crippen LogP contribution in [0.2, 0.25) is 0 Å². The highest BCUT2D eigenvalue weighted by Crippen LogP contribution is 2.12. The summed E-state index contributed by atoms with van der Waals surface area (Å²) in [6.07, 6.45) is 1.42. The minimum atomic E-state index is 0.